The van der Waals surface area contributed by atoms with Gasteiger partial charge in [-0.05, 0) is 25.0 Å². The van der Waals surface area contributed by atoms with Crippen molar-refractivity contribution in [3.8, 4) is 0 Å². The number of aromatic nitrogens is 2. The van der Waals surface area contributed by atoms with E-state index in [4.69, 9.17) is 16.7 Å². The molecule has 1 saturated carbocycles. The lowest BCUT2D eigenvalue weighted by atomic mass is 10.3. The third-order valence-corrected chi connectivity index (χ3v) is 3.19. The van der Waals surface area contributed by atoms with Gasteiger partial charge in [0.1, 0.15) is 10.7 Å². The van der Waals surface area contributed by atoms with E-state index < -0.39 is 5.97 Å². The van der Waals surface area contributed by atoms with E-state index in [0.717, 1.165) is 18.5 Å². The molecule has 0 unspecified atom stereocenters. The fraction of sp³-hybridized carbons (Fsp3) is 0.273. The van der Waals surface area contributed by atoms with E-state index in [-0.39, 0.29) is 5.56 Å². The molecule has 82 valence electrons. The Kier molecular flexibility index (Phi) is 1.94. The molecule has 0 atom stereocenters. The molecule has 2 heterocycles. The number of pyridine rings is 1. The number of carboxylic acid groups (broad SMARTS) is 1. The molecule has 0 saturated heterocycles. The average molecular weight is 237 g/mol. The molecule has 1 N–H and O–H groups in total. The van der Waals surface area contributed by atoms with Crippen molar-refractivity contribution in [2.24, 2.45) is 0 Å². The summed E-state index contributed by atoms with van der Waals surface area (Å²) in [5.41, 5.74) is 1.45. The Labute approximate surface area is 96.5 Å². The number of hydrogen-bond donors (Lipinski definition) is 1. The topological polar surface area (TPSA) is 54.6 Å². The Morgan fingerprint density at radius 2 is 2.31 bits per heavy atom. The second-order valence-electron chi connectivity index (χ2n) is 3.98. The summed E-state index contributed by atoms with van der Waals surface area (Å²) in [6, 6.07) is 3.21. The number of carbonyl (C=O) groups is 1. The van der Waals surface area contributed by atoms with Crippen LogP contribution < -0.4 is 0 Å². The maximum absolute atomic E-state index is 11.0. The van der Waals surface area contributed by atoms with Gasteiger partial charge in [-0.25, -0.2) is 9.78 Å². The first-order valence-electron chi connectivity index (χ1n) is 5.08. The fourth-order valence-electron chi connectivity index (χ4n) is 1.84. The summed E-state index contributed by atoms with van der Waals surface area (Å²) in [7, 11) is 0. The summed E-state index contributed by atoms with van der Waals surface area (Å²) in [5.74, 6) is -0.566. The van der Waals surface area contributed by atoms with Gasteiger partial charge in [-0.15, -0.1) is 0 Å². The second-order valence-corrected chi connectivity index (χ2v) is 4.34. The number of hydrogen-bond acceptors (Lipinski definition) is 2. The van der Waals surface area contributed by atoms with Crippen molar-refractivity contribution >= 4 is 23.2 Å². The highest BCUT2D eigenvalue weighted by Crippen LogP contribution is 2.43. The second kappa shape index (κ2) is 3.22. The Balaban J connectivity index is 2.31. The molecule has 4 nitrogen and oxygen atoms in total. The molecule has 1 fully saturated rings. The zero-order valence-corrected chi connectivity index (χ0v) is 9.11. The molecule has 5 heteroatoms. The monoisotopic (exact) mass is 236 g/mol. The Hall–Kier alpha value is -1.55. The average Bonchev–Trinajstić information content (AvgIpc) is 3.04. The predicted octanol–water partition coefficient (Wildman–Crippen LogP) is 2.56. The third kappa shape index (κ3) is 1.30. The molecule has 3 rings (SSSR count). The first-order chi connectivity index (χ1) is 7.68. The van der Waals surface area contributed by atoms with Crippen LogP contribution in [0.5, 0.6) is 0 Å². The van der Waals surface area contributed by atoms with Gasteiger partial charge in [-0.1, -0.05) is 11.6 Å². The predicted molar refractivity (Wildman–Crippen MR) is 59.1 cm³/mol. The molecule has 1 aliphatic carbocycles. The number of halogens is 1. The standard InChI is InChI=1S/C11H9ClN2O2/c12-9-8(6-3-4-6)13-10-7(11(15)16)2-1-5-14(9)10/h1-2,5-6H,3-4H2,(H,15,16). The molecule has 2 aromatic rings. The first-order valence-corrected chi connectivity index (χ1v) is 5.46. The van der Waals surface area contributed by atoms with Gasteiger partial charge >= 0.3 is 5.97 Å². The summed E-state index contributed by atoms with van der Waals surface area (Å²) in [6.45, 7) is 0. The van der Waals surface area contributed by atoms with Gasteiger partial charge < -0.3 is 5.11 Å². The summed E-state index contributed by atoms with van der Waals surface area (Å²) in [6.07, 6.45) is 3.92. The molecular weight excluding hydrogens is 228 g/mol. The van der Waals surface area contributed by atoms with Gasteiger partial charge in [0.25, 0.3) is 0 Å². The summed E-state index contributed by atoms with van der Waals surface area (Å²) < 4.78 is 1.64. The molecule has 0 bridgehead atoms. The molecule has 0 aliphatic heterocycles. The van der Waals surface area contributed by atoms with Crippen LogP contribution in [0.1, 0.15) is 34.8 Å². The minimum absolute atomic E-state index is 0.191. The molecule has 0 amide bonds. The van der Waals surface area contributed by atoms with Gasteiger partial charge in [0.2, 0.25) is 0 Å². The van der Waals surface area contributed by atoms with E-state index in [2.05, 4.69) is 4.98 Å². The van der Waals surface area contributed by atoms with Gasteiger partial charge in [0, 0.05) is 12.1 Å². The van der Waals surface area contributed by atoms with Gasteiger partial charge in [-0.3, -0.25) is 4.40 Å². The lowest BCUT2D eigenvalue weighted by Gasteiger charge is -1.97. The van der Waals surface area contributed by atoms with Crippen LogP contribution in [0.15, 0.2) is 18.3 Å². The van der Waals surface area contributed by atoms with Gasteiger partial charge in [-0.2, -0.15) is 0 Å². The summed E-state index contributed by atoms with van der Waals surface area (Å²) in [4.78, 5) is 15.4. The molecule has 2 aromatic heterocycles. The number of rotatable bonds is 2. The Bertz CT molecular complexity index is 587. The van der Waals surface area contributed by atoms with Crippen LogP contribution in [0.25, 0.3) is 5.65 Å². The number of imidazole rings is 1. The summed E-state index contributed by atoms with van der Waals surface area (Å²) >= 11 is 6.18. The van der Waals surface area contributed by atoms with E-state index >= 15 is 0 Å². The smallest absolute Gasteiger partial charge is 0.339 e. The lowest BCUT2D eigenvalue weighted by molar-refractivity contribution is 0.0698. The van der Waals surface area contributed by atoms with E-state index in [1.54, 1.807) is 16.7 Å². The minimum Gasteiger partial charge on any atom is -0.478 e. The molecular formula is C11H9ClN2O2. The Morgan fingerprint density at radius 1 is 1.56 bits per heavy atom. The van der Waals surface area contributed by atoms with Crippen LogP contribution in [-0.2, 0) is 0 Å². The van der Waals surface area contributed by atoms with E-state index in [1.807, 2.05) is 0 Å². The van der Waals surface area contributed by atoms with E-state index in [1.165, 1.54) is 6.07 Å². The zero-order valence-electron chi connectivity index (χ0n) is 8.35. The summed E-state index contributed by atoms with van der Waals surface area (Å²) in [5, 5.41) is 9.58. The normalized spacial score (nSPS) is 15.6. The SMILES string of the molecule is O=C(O)c1cccn2c(Cl)c(C3CC3)nc12. The molecule has 1 aliphatic rings. The largest absolute Gasteiger partial charge is 0.478 e. The van der Waals surface area contributed by atoms with Gasteiger partial charge in [0.05, 0.1) is 5.69 Å². The van der Waals surface area contributed by atoms with Crippen LogP contribution >= 0.6 is 11.6 Å². The third-order valence-electron chi connectivity index (χ3n) is 2.81. The lowest BCUT2D eigenvalue weighted by Crippen LogP contribution is -2.00. The highest BCUT2D eigenvalue weighted by Gasteiger charge is 2.30. The van der Waals surface area contributed by atoms with Crippen LogP contribution in [0.3, 0.4) is 0 Å². The van der Waals surface area contributed by atoms with Crippen LogP contribution in [-0.4, -0.2) is 20.5 Å². The fourth-order valence-corrected chi connectivity index (χ4v) is 2.17. The molecule has 0 radical (unpaired) electrons. The number of nitrogens with zero attached hydrogens (tertiary/aromatic N) is 2. The number of carboxylic acids is 1. The van der Waals surface area contributed by atoms with Crippen molar-refractivity contribution in [3.63, 3.8) is 0 Å². The van der Waals surface area contributed by atoms with Gasteiger partial charge in [0.15, 0.2) is 5.65 Å². The van der Waals surface area contributed by atoms with Crippen molar-refractivity contribution in [3.05, 3.63) is 34.7 Å². The van der Waals surface area contributed by atoms with Crippen LogP contribution in [0, 0.1) is 0 Å². The maximum atomic E-state index is 11.0. The van der Waals surface area contributed by atoms with Crippen molar-refractivity contribution < 1.29 is 9.90 Å². The molecule has 16 heavy (non-hydrogen) atoms. The number of fused-ring (bicyclic) bond motifs is 1. The minimum atomic E-state index is -0.977. The quantitative estimate of drug-likeness (QED) is 0.872. The van der Waals surface area contributed by atoms with Crippen molar-refractivity contribution in [2.75, 3.05) is 0 Å². The van der Waals surface area contributed by atoms with Crippen molar-refractivity contribution in [1.29, 1.82) is 0 Å². The van der Waals surface area contributed by atoms with Crippen molar-refractivity contribution in [2.45, 2.75) is 18.8 Å². The van der Waals surface area contributed by atoms with E-state index in [0.29, 0.717) is 16.7 Å². The number of aromatic carboxylic acids is 1. The zero-order chi connectivity index (χ0) is 11.3. The molecule has 0 spiro atoms. The van der Waals surface area contributed by atoms with Crippen LogP contribution in [0.2, 0.25) is 5.15 Å². The highest BCUT2D eigenvalue weighted by molar-refractivity contribution is 6.30. The van der Waals surface area contributed by atoms with Crippen LogP contribution in [0.4, 0.5) is 0 Å². The Morgan fingerprint density at radius 3 is 2.94 bits per heavy atom. The highest BCUT2D eigenvalue weighted by atomic mass is 35.5. The molecule has 0 aromatic carbocycles. The first kappa shape index (κ1) is 9.66. The maximum Gasteiger partial charge on any atom is 0.339 e. The van der Waals surface area contributed by atoms with E-state index in [9.17, 15) is 4.79 Å². The van der Waals surface area contributed by atoms with Crippen molar-refractivity contribution in [1.82, 2.24) is 9.38 Å².